The molecular formula is C22H24N2OP+. The van der Waals surface area contributed by atoms with Gasteiger partial charge in [-0.15, -0.1) is 4.91 Å². The Hall–Kier alpha value is -2.51. The fraction of sp³-hybridized carbons (Fsp3) is 0.182. The first-order valence-electron chi connectivity index (χ1n) is 8.87. The van der Waals surface area contributed by atoms with Gasteiger partial charge in [-0.3, -0.25) is 5.01 Å². The van der Waals surface area contributed by atoms with Crippen LogP contribution in [0.5, 0.6) is 0 Å². The van der Waals surface area contributed by atoms with E-state index < -0.39 is 7.26 Å². The zero-order valence-electron chi connectivity index (χ0n) is 15.0. The highest BCUT2D eigenvalue weighted by molar-refractivity contribution is 7.95. The van der Waals surface area contributed by atoms with Crippen molar-refractivity contribution >= 4 is 23.2 Å². The molecule has 0 bridgehead atoms. The summed E-state index contributed by atoms with van der Waals surface area (Å²) in [7, 11) is -0.0535. The molecule has 0 fully saturated rings. The molecule has 0 radical (unpaired) electrons. The highest BCUT2D eigenvalue weighted by Crippen LogP contribution is 2.55. The molecule has 4 heteroatoms. The first-order chi connectivity index (χ1) is 12.8. The Kier molecular flexibility index (Phi) is 6.14. The van der Waals surface area contributed by atoms with E-state index in [1.54, 1.807) is 7.05 Å². The lowest BCUT2D eigenvalue weighted by molar-refractivity contribution is 0.351. The minimum absolute atomic E-state index is 0.664. The van der Waals surface area contributed by atoms with Gasteiger partial charge in [-0.25, -0.2) is 0 Å². The summed E-state index contributed by atoms with van der Waals surface area (Å²) >= 11 is 0. The molecule has 0 atom stereocenters. The lowest BCUT2D eigenvalue weighted by Gasteiger charge is -2.28. The molecule has 26 heavy (non-hydrogen) atoms. The smallest absolute Gasteiger partial charge is 0.112 e. The molecule has 0 aliphatic carbocycles. The van der Waals surface area contributed by atoms with Crippen LogP contribution in [0.4, 0.5) is 0 Å². The van der Waals surface area contributed by atoms with Crippen LogP contribution in [-0.4, -0.2) is 24.8 Å². The van der Waals surface area contributed by atoms with Gasteiger partial charge in [0.15, 0.2) is 0 Å². The lowest BCUT2D eigenvalue weighted by atomic mass is 10.3. The second kappa shape index (κ2) is 8.73. The summed E-state index contributed by atoms with van der Waals surface area (Å²) in [6.45, 7) is 0.664. The van der Waals surface area contributed by atoms with Gasteiger partial charge in [0.05, 0.1) is 11.4 Å². The van der Waals surface area contributed by atoms with Crippen molar-refractivity contribution in [2.75, 3.05) is 19.8 Å². The van der Waals surface area contributed by atoms with Crippen molar-refractivity contribution in [1.82, 2.24) is 5.01 Å². The van der Waals surface area contributed by atoms with Gasteiger partial charge in [-0.05, 0) is 36.4 Å². The maximum Gasteiger partial charge on any atom is 0.112 e. The third-order valence-electron chi connectivity index (χ3n) is 4.71. The fourth-order valence-electron chi connectivity index (χ4n) is 3.46. The molecule has 0 heterocycles. The van der Waals surface area contributed by atoms with Crippen molar-refractivity contribution in [2.24, 2.45) is 5.29 Å². The van der Waals surface area contributed by atoms with E-state index in [0.29, 0.717) is 6.54 Å². The number of hydrogen-bond acceptors (Lipinski definition) is 2. The van der Waals surface area contributed by atoms with Crippen molar-refractivity contribution in [3.8, 4) is 0 Å². The number of benzene rings is 3. The average Bonchev–Trinajstić information content (AvgIpc) is 2.73. The Labute approximate surface area is 156 Å². The Morgan fingerprint density at radius 1 is 0.731 bits per heavy atom. The zero-order valence-corrected chi connectivity index (χ0v) is 15.9. The van der Waals surface area contributed by atoms with E-state index in [0.717, 1.165) is 12.6 Å². The zero-order chi connectivity index (χ0) is 18.2. The van der Waals surface area contributed by atoms with Gasteiger partial charge in [0, 0.05) is 20.0 Å². The molecule has 0 spiro atoms. The van der Waals surface area contributed by atoms with Gasteiger partial charge in [-0.2, -0.15) is 0 Å². The Balaban J connectivity index is 2.13. The van der Waals surface area contributed by atoms with E-state index in [1.165, 1.54) is 20.9 Å². The van der Waals surface area contributed by atoms with E-state index in [2.05, 4.69) is 96.3 Å². The monoisotopic (exact) mass is 363 g/mol. The van der Waals surface area contributed by atoms with E-state index in [-0.39, 0.29) is 0 Å². The van der Waals surface area contributed by atoms with Crippen LogP contribution in [0, 0.1) is 4.91 Å². The summed E-state index contributed by atoms with van der Waals surface area (Å²) in [6, 6.07) is 32.4. The SMILES string of the molecule is CN(CCC[P+](c1ccccc1)(c1ccccc1)c1ccccc1)N=O. The van der Waals surface area contributed by atoms with Crippen LogP contribution in [0.15, 0.2) is 96.3 Å². The van der Waals surface area contributed by atoms with Gasteiger partial charge < -0.3 is 0 Å². The first kappa shape index (κ1) is 18.3. The average molecular weight is 363 g/mol. The van der Waals surface area contributed by atoms with Crippen molar-refractivity contribution < 1.29 is 0 Å². The van der Waals surface area contributed by atoms with Gasteiger partial charge in [0.1, 0.15) is 23.2 Å². The Morgan fingerprint density at radius 3 is 1.46 bits per heavy atom. The molecule has 0 aliphatic heterocycles. The minimum atomic E-state index is -1.79. The quantitative estimate of drug-likeness (QED) is 0.344. The summed E-state index contributed by atoms with van der Waals surface area (Å²) in [4.78, 5) is 10.8. The summed E-state index contributed by atoms with van der Waals surface area (Å²) in [5.41, 5.74) is 0. The molecule has 3 nitrogen and oxygen atoms in total. The van der Waals surface area contributed by atoms with Gasteiger partial charge >= 0.3 is 0 Å². The van der Waals surface area contributed by atoms with Crippen LogP contribution in [-0.2, 0) is 0 Å². The highest BCUT2D eigenvalue weighted by atomic mass is 31.2. The van der Waals surface area contributed by atoms with Crippen LogP contribution in [0.1, 0.15) is 6.42 Å². The summed E-state index contributed by atoms with van der Waals surface area (Å²) in [5, 5.41) is 8.63. The molecule has 0 saturated carbocycles. The van der Waals surface area contributed by atoms with Crippen molar-refractivity contribution in [3.05, 3.63) is 95.9 Å². The molecule has 0 unspecified atom stereocenters. The second-order valence-corrected chi connectivity index (χ2v) is 9.97. The molecule has 0 saturated heterocycles. The third-order valence-corrected chi connectivity index (χ3v) is 9.23. The Morgan fingerprint density at radius 2 is 1.12 bits per heavy atom. The molecule has 3 rings (SSSR count). The number of hydrogen-bond donors (Lipinski definition) is 0. The molecule has 3 aromatic carbocycles. The highest BCUT2D eigenvalue weighted by Gasteiger charge is 2.44. The third kappa shape index (κ3) is 3.84. The molecule has 0 aliphatic rings. The molecular weight excluding hydrogens is 339 g/mol. The standard InChI is InChI=1S/C22H24N2OP/c1-24(23-25)18-11-19-26(20-12-5-2-6-13-20,21-14-7-3-8-15-21)22-16-9-4-10-17-22/h2-10,12-17H,11,18-19H2,1H3/q+1. The molecule has 0 aromatic heterocycles. The second-order valence-electron chi connectivity index (χ2n) is 6.36. The van der Waals surface area contributed by atoms with Crippen LogP contribution in [0.2, 0.25) is 0 Å². The van der Waals surface area contributed by atoms with E-state index in [4.69, 9.17) is 0 Å². The van der Waals surface area contributed by atoms with Crippen LogP contribution < -0.4 is 15.9 Å². The van der Waals surface area contributed by atoms with Gasteiger partial charge in [0.25, 0.3) is 0 Å². The number of nitrogens with zero attached hydrogens (tertiary/aromatic N) is 2. The van der Waals surface area contributed by atoms with Gasteiger partial charge in [0.2, 0.25) is 0 Å². The van der Waals surface area contributed by atoms with Crippen LogP contribution >= 0.6 is 7.26 Å². The molecule has 3 aromatic rings. The van der Waals surface area contributed by atoms with E-state index in [9.17, 15) is 4.91 Å². The normalized spacial score (nSPS) is 11.1. The summed E-state index contributed by atoms with van der Waals surface area (Å²) in [6.07, 6.45) is 1.92. The molecule has 0 amide bonds. The van der Waals surface area contributed by atoms with Crippen molar-refractivity contribution in [1.29, 1.82) is 0 Å². The topological polar surface area (TPSA) is 32.7 Å². The fourth-order valence-corrected chi connectivity index (χ4v) is 7.79. The predicted octanol–water partition coefficient (Wildman–Crippen LogP) is 3.98. The minimum Gasteiger partial charge on any atom is -0.264 e. The van der Waals surface area contributed by atoms with Gasteiger partial charge in [-0.1, -0.05) is 54.6 Å². The molecule has 0 N–H and O–H groups in total. The van der Waals surface area contributed by atoms with E-state index in [1.807, 2.05) is 0 Å². The predicted molar refractivity (Wildman–Crippen MR) is 113 cm³/mol. The van der Waals surface area contributed by atoms with Crippen molar-refractivity contribution in [3.63, 3.8) is 0 Å². The Bertz CT molecular complexity index is 713. The van der Waals surface area contributed by atoms with Crippen molar-refractivity contribution in [2.45, 2.75) is 6.42 Å². The first-order valence-corrected chi connectivity index (χ1v) is 10.8. The van der Waals surface area contributed by atoms with Crippen LogP contribution in [0.25, 0.3) is 0 Å². The number of nitroso groups, excluding NO2 is 1. The summed E-state index contributed by atoms with van der Waals surface area (Å²) in [5.74, 6) is 0. The molecule has 132 valence electrons. The maximum atomic E-state index is 10.8. The van der Waals surface area contributed by atoms with Crippen LogP contribution in [0.3, 0.4) is 0 Å². The largest absolute Gasteiger partial charge is 0.264 e. The lowest BCUT2D eigenvalue weighted by Crippen LogP contribution is -2.34. The summed E-state index contributed by atoms with van der Waals surface area (Å²) < 4.78 is 0. The number of rotatable bonds is 8. The maximum absolute atomic E-state index is 10.8. The van der Waals surface area contributed by atoms with E-state index >= 15 is 0 Å².